The maximum absolute atomic E-state index is 12.9. The van der Waals surface area contributed by atoms with Crippen molar-refractivity contribution in [2.24, 2.45) is 5.92 Å². The van der Waals surface area contributed by atoms with Crippen LogP contribution in [0.4, 0.5) is 4.39 Å². The number of aliphatic hydroxyl groups excluding tert-OH is 1. The van der Waals surface area contributed by atoms with Crippen LogP contribution in [0, 0.1) is 18.7 Å². The second-order valence-corrected chi connectivity index (χ2v) is 3.63. The molecule has 0 aromatic heterocycles. The highest BCUT2D eigenvalue weighted by Gasteiger charge is 2.03. The number of halogens is 1. The fourth-order valence-electron chi connectivity index (χ4n) is 1.40. The molecule has 1 aromatic rings. The van der Waals surface area contributed by atoms with Gasteiger partial charge >= 0.3 is 0 Å². The Kier molecular flexibility index (Phi) is 3.43. The van der Waals surface area contributed by atoms with Crippen LogP contribution in [0.3, 0.4) is 0 Å². The zero-order valence-electron chi connectivity index (χ0n) is 8.05. The van der Waals surface area contributed by atoms with Crippen molar-refractivity contribution in [3.05, 3.63) is 35.1 Å². The first-order valence-electron chi connectivity index (χ1n) is 4.48. The third kappa shape index (κ3) is 3.15. The van der Waals surface area contributed by atoms with Crippen LogP contribution in [0.25, 0.3) is 0 Å². The monoisotopic (exact) mass is 182 g/mol. The van der Waals surface area contributed by atoms with Crippen LogP contribution in [-0.2, 0) is 6.42 Å². The first-order valence-corrected chi connectivity index (χ1v) is 4.48. The van der Waals surface area contributed by atoms with Gasteiger partial charge in [-0.3, -0.25) is 0 Å². The Morgan fingerprint density at radius 3 is 2.62 bits per heavy atom. The summed E-state index contributed by atoms with van der Waals surface area (Å²) in [6.07, 6.45) is 0.731. The van der Waals surface area contributed by atoms with Crippen LogP contribution in [0.1, 0.15) is 18.1 Å². The molecule has 0 aliphatic rings. The van der Waals surface area contributed by atoms with Crippen molar-refractivity contribution in [2.45, 2.75) is 20.3 Å². The summed E-state index contributed by atoms with van der Waals surface area (Å²) in [6.45, 7) is 3.96. The fraction of sp³-hybridized carbons (Fsp3) is 0.455. The molecule has 0 aliphatic carbocycles. The predicted molar refractivity (Wildman–Crippen MR) is 51.1 cm³/mol. The molecule has 13 heavy (non-hydrogen) atoms. The molecule has 0 saturated carbocycles. The van der Waals surface area contributed by atoms with Crippen molar-refractivity contribution in [2.75, 3.05) is 6.61 Å². The van der Waals surface area contributed by atoms with Crippen LogP contribution < -0.4 is 0 Å². The Hall–Kier alpha value is -0.890. The van der Waals surface area contributed by atoms with E-state index in [1.807, 2.05) is 19.9 Å². The third-order valence-electron chi connectivity index (χ3n) is 2.00. The molecule has 1 rings (SSSR count). The Morgan fingerprint density at radius 2 is 2.08 bits per heavy atom. The summed E-state index contributed by atoms with van der Waals surface area (Å²) in [5, 5.41) is 8.84. The molecule has 2 heteroatoms. The number of hydrogen-bond donors (Lipinski definition) is 1. The molecule has 0 heterocycles. The van der Waals surface area contributed by atoms with Gasteiger partial charge in [0.05, 0.1) is 0 Å². The largest absolute Gasteiger partial charge is 0.396 e. The molecule has 0 radical (unpaired) electrons. The van der Waals surface area contributed by atoms with E-state index in [-0.39, 0.29) is 18.3 Å². The van der Waals surface area contributed by atoms with E-state index in [1.165, 1.54) is 12.1 Å². The summed E-state index contributed by atoms with van der Waals surface area (Å²) in [7, 11) is 0. The van der Waals surface area contributed by atoms with Crippen molar-refractivity contribution < 1.29 is 9.50 Å². The van der Waals surface area contributed by atoms with Gasteiger partial charge in [-0.15, -0.1) is 0 Å². The van der Waals surface area contributed by atoms with Crippen LogP contribution >= 0.6 is 0 Å². The highest BCUT2D eigenvalue weighted by atomic mass is 19.1. The number of rotatable bonds is 3. The molecule has 1 N–H and O–H groups in total. The highest BCUT2D eigenvalue weighted by Crippen LogP contribution is 2.12. The number of aliphatic hydroxyl groups is 1. The van der Waals surface area contributed by atoms with Gasteiger partial charge in [-0.2, -0.15) is 0 Å². The van der Waals surface area contributed by atoms with Crippen molar-refractivity contribution in [3.63, 3.8) is 0 Å². The van der Waals surface area contributed by atoms with E-state index in [0.717, 1.165) is 17.5 Å². The quantitative estimate of drug-likeness (QED) is 0.760. The van der Waals surface area contributed by atoms with Gasteiger partial charge in [-0.25, -0.2) is 4.39 Å². The summed E-state index contributed by atoms with van der Waals surface area (Å²) < 4.78 is 12.9. The molecule has 1 atom stereocenters. The maximum Gasteiger partial charge on any atom is 0.123 e. The van der Waals surface area contributed by atoms with Crippen molar-refractivity contribution in [3.8, 4) is 0 Å². The Labute approximate surface area is 78.2 Å². The van der Waals surface area contributed by atoms with E-state index in [1.54, 1.807) is 0 Å². The van der Waals surface area contributed by atoms with Crippen LogP contribution in [0.2, 0.25) is 0 Å². The summed E-state index contributed by atoms with van der Waals surface area (Å²) in [5.41, 5.74) is 1.89. The van der Waals surface area contributed by atoms with Crippen LogP contribution in [0.5, 0.6) is 0 Å². The van der Waals surface area contributed by atoms with Gasteiger partial charge in [0.2, 0.25) is 0 Å². The first kappa shape index (κ1) is 10.2. The average molecular weight is 182 g/mol. The van der Waals surface area contributed by atoms with Gasteiger partial charge in [0, 0.05) is 6.61 Å². The zero-order chi connectivity index (χ0) is 9.84. The molecular weight excluding hydrogens is 167 g/mol. The lowest BCUT2D eigenvalue weighted by molar-refractivity contribution is 0.237. The average Bonchev–Trinajstić information content (AvgIpc) is 2.02. The highest BCUT2D eigenvalue weighted by molar-refractivity contribution is 5.23. The Bertz CT molecular complexity index is 263. The van der Waals surface area contributed by atoms with Gasteiger partial charge in [-0.05, 0) is 42.5 Å². The van der Waals surface area contributed by atoms with Gasteiger partial charge in [0.25, 0.3) is 0 Å². The van der Waals surface area contributed by atoms with Gasteiger partial charge < -0.3 is 5.11 Å². The molecule has 0 amide bonds. The normalized spacial score (nSPS) is 12.9. The van der Waals surface area contributed by atoms with Crippen molar-refractivity contribution in [1.82, 2.24) is 0 Å². The van der Waals surface area contributed by atoms with E-state index < -0.39 is 0 Å². The number of aryl methyl sites for hydroxylation is 1. The van der Waals surface area contributed by atoms with E-state index in [2.05, 4.69) is 0 Å². The minimum atomic E-state index is -0.194. The predicted octanol–water partition coefficient (Wildman–Crippen LogP) is 2.31. The second-order valence-electron chi connectivity index (χ2n) is 3.63. The molecule has 1 unspecified atom stereocenters. The van der Waals surface area contributed by atoms with Gasteiger partial charge in [-0.1, -0.05) is 13.0 Å². The smallest absolute Gasteiger partial charge is 0.123 e. The van der Waals surface area contributed by atoms with Crippen molar-refractivity contribution >= 4 is 0 Å². The van der Waals surface area contributed by atoms with Gasteiger partial charge in [0.15, 0.2) is 0 Å². The lowest BCUT2D eigenvalue weighted by Crippen LogP contribution is -2.04. The first-order chi connectivity index (χ1) is 6.11. The maximum atomic E-state index is 12.9. The zero-order valence-corrected chi connectivity index (χ0v) is 8.05. The molecular formula is C11H15FO. The topological polar surface area (TPSA) is 20.2 Å². The molecule has 0 bridgehead atoms. The Balaban J connectivity index is 2.77. The van der Waals surface area contributed by atoms with Crippen molar-refractivity contribution in [1.29, 1.82) is 0 Å². The molecule has 72 valence electrons. The van der Waals surface area contributed by atoms with E-state index in [9.17, 15) is 4.39 Å². The standard InChI is InChI=1S/C11H15FO/c1-8-3-10(4-9(2)7-13)6-11(12)5-8/h3,5-6,9,13H,4,7H2,1-2H3. The SMILES string of the molecule is Cc1cc(F)cc(CC(C)CO)c1. The second kappa shape index (κ2) is 4.38. The van der Waals surface area contributed by atoms with Gasteiger partial charge in [0.1, 0.15) is 5.82 Å². The van der Waals surface area contributed by atoms with E-state index >= 15 is 0 Å². The van der Waals surface area contributed by atoms with E-state index in [4.69, 9.17) is 5.11 Å². The van der Waals surface area contributed by atoms with Crippen LogP contribution in [0.15, 0.2) is 18.2 Å². The summed E-state index contributed by atoms with van der Waals surface area (Å²) in [5.74, 6) is 0.00124. The summed E-state index contributed by atoms with van der Waals surface area (Å²) in [6, 6.07) is 4.99. The molecule has 0 fully saturated rings. The lowest BCUT2D eigenvalue weighted by Gasteiger charge is -2.08. The number of benzene rings is 1. The van der Waals surface area contributed by atoms with Crippen LogP contribution in [-0.4, -0.2) is 11.7 Å². The molecule has 0 saturated heterocycles. The third-order valence-corrected chi connectivity index (χ3v) is 2.00. The minimum absolute atomic E-state index is 0.148. The molecule has 1 aromatic carbocycles. The number of hydrogen-bond acceptors (Lipinski definition) is 1. The minimum Gasteiger partial charge on any atom is -0.396 e. The summed E-state index contributed by atoms with van der Waals surface area (Å²) >= 11 is 0. The molecule has 0 aliphatic heterocycles. The molecule has 0 spiro atoms. The summed E-state index contributed by atoms with van der Waals surface area (Å²) in [4.78, 5) is 0. The Morgan fingerprint density at radius 1 is 1.38 bits per heavy atom. The fourth-order valence-corrected chi connectivity index (χ4v) is 1.40. The van der Waals surface area contributed by atoms with E-state index in [0.29, 0.717) is 0 Å². The lowest BCUT2D eigenvalue weighted by atomic mass is 10.0. The molecule has 1 nitrogen and oxygen atoms in total.